The molecule has 252 valence electrons. The van der Waals surface area contributed by atoms with Crippen molar-refractivity contribution in [3.05, 3.63) is 70.7 Å². The van der Waals surface area contributed by atoms with Crippen molar-refractivity contribution in [2.24, 2.45) is 5.92 Å². The van der Waals surface area contributed by atoms with Crippen LogP contribution >= 0.6 is 11.3 Å². The number of ether oxygens (including phenoxy) is 1. The highest BCUT2D eigenvalue weighted by atomic mass is 32.2. The van der Waals surface area contributed by atoms with Crippen molar-refractivity contribution in [2.75, 3.05) is 32.0 Å². The maximum absolute atomic E-state index is 14.0. The minimum atomic E-state index is -4.15. The molecule has 15 heteroatoms. The lowest BCUT2D eigenvalue weighted by Gasteiger charge is -2.30. The highest BCUT2D eigenvalue weighted by Crippen LogP contribution is 2.26. The Hall–Kier alpha value is -3.89. The quantitative estimate of drug-likeness (QED) is 0.178. The van der Waals surface area contributed by atoms with E-state index in [0.29, 0.717) is 5.52 Å². The second kappa shape index (κ2) is 15.3. The molecule has 47 heavy (non-hydrogen) atoms. The molecular formula is C32H40N6O7S2. The summed E-state index contributed by atoms with van der Waals surface area (Å²) in [6, 6.07) is 12.4. The van der Waals surface area contributed by atoms with Gasteiger partial charge in [0.2, 0.25) is 15.9 Å². The number of rotatable bonds is 14. The maximum atomic E-state index is 14.0. The number of hydrogen-bond acceptors (Lipinski definition) is 11. The minimum Gasteiger partial charge on any atom is -0.444 e. The van der Waals surface area contributed by atoms with Crippen molar-refractivity contribution in [1.29, 1.82) is 0 Å². The van der Waals surface area contributed by atoms with Crippen LogP contribution in [0.3, 0.4) is 0 Å². The van der Waals surface area contributed by atoms with Crippen LogP contribution in [0, 0.1) is 5.92 Å². The normalized spacial score (nSPS) is 16.9. The second-order valence-electron chi connectivity index (χ2n) is 12.0. The molecule has 2 amide bonds. The average Bonchev–Trinajstić information content (AvgIpc) is 3.80. The van der Waals surface area contributed by atoms with Gasteiger partial charge in [-0.1, -0.05) is 44.2 Å². The number of amides is 2. The number of anilines is 1. The smallest absolute Gasteiger partial charge is 0.407 e. The van der Waals surface area contributed by atoms with Crippen molar-refractivity contribution in [1.82, 2.24) is 24.5 Å². The zero-order chi connectivity index (χ0) is 33.6. The number of aliphatic hydroxyl groups excluding tert-OH is 1. The lowest BCUT2D eigenvalue weighted by Crippen LogP contribution is -2.51. The molecule has 5 rings (SSSR count). The average molecular weight is 685 g/mol. The van der Waals surface area contributed by atoms with Crippen molar-refractivity contribution in [3.8, 4) is 0 Å². The molecule has 0 saturated carbocycles. The molecule has 1 fully saturated rings. The molecular weight excluding hydrogens is 645 g/mol. The van der Waals surface area contributed by atoms with Gasteiger partial charge in [0.25, 0.3) is 0 Å². The first kappa shape index (κ1) is 34.4. The SMILES string of the molecule is CC(C)CN(CC(O)C(Cc1ccccc1)NC(=O)OCc1cncs1)S(=O)(=O)c1ccc2nc(NC(=O)C3CCCN3C)oc2c1. The number of alkyl carbamates (subject to hydrolysis) is 1. The number of oxazole rings is 1. The first-order chi connectivity index (χ1) is 22.5. The summed E-state index contributed by atoms with van der Waals surface area (Å²) in [5.74, 6) is -0.306. The highest BCUT2D eigenvalue weighted by molar-refractivity contribution is 7.89. The van der Waals surface area contributed by atoms with E-state index < -0.39 is 28.3 Å². The summed E-state index contributed by atoms with van der Waals surface area (Å²) in [6.07, 6.45) is 1.47. The Bertz CT molecular complexity index is 1750. The van der Waals surface area contributed by atoms with Gasteiger partial charge in [-0.15, -0.1) is 11.3 Å². The predicted molar refractivity (Wildman–Crippen MR) is 177 cm³/mol. The van der Waals surface area contributed by atoms with Crippen molar-refractivity contribution < 1.29 is 32.3 Å². The van der Waals surface area contributed by atoms with E-state index in [1.54, 1.807) is 11.7 Å². The molecule has 1 aliphatic rings. The molecule has 0 radical (unpaired) electrons. The van der Waals surface area contributed by atoms with Gasteiger partial charge in [0.1, 0.15) is 12.1 Å². The Balaban J connectivity index is 1.33. The summed E-state index contributed by atoms with van der Waals surface area (Å²) in [5, 5.41) is 16.9. The van der Waals surface area contributed by atoms with Crippen molar-refractivity contribution in [2.45, 2.75) is 62.8 Å². The number of sulfonamides is 1. The zero-order valence-electron chi connectivity index (χ0n) is 26.5. The van der Waals surface area contributed by atoms with Gasteiger partial charge in [0.15, 0.2) is 5.58 Å². The molecule has 2 aromatic heterocycles. The van der Waals surface area contributed by atoms with E-state index in [9.17, 15) is 23.1 Å². The molecule has 3 heterocycles. The van der Waals surface area contributed by atoms with E-state index in [1.165, 1.54) is 33.8 Å². The summed E-state index contributed by atoms with van der Waals surface area (Å²) < 4.78 is 40.4. The van der Waals surface area contributed by atoms with E-state index in [-0.39, 0.29) is 60.5 Å². The fourth-order valence-electron chi connectivity index (χ4n) is 5.51. The number of hydrogen-bond donors (Lipinski definition) is 3. The number of benzene rings is 2. The maximum Gasteiger partial charge on any atom is 0.407 e. The van der Waals surface area contributed by atoms with E-state index in [1.807, 2.05) is 56.1 Å². The Kier molecular flexibility index (Phi) is 11.2. The summed E-state index contributed by atoms with van der Waals surface area (Å²) >= 11 is 1.35. The van der Waals surface area contributed by atoms with Gasteiger partial charge in [-0.25, -0.2) is 13.2 Å². The first-order valence-corrected chi connectivity index (χ1v) is 17.8. The first-order valence-electron chi connectivity index (χ1n) is 15.4. The van der Waals surface area contributed by atoms with Crippen LogP contribution in [0.1, 0.15) is 37.1 Å². The van der Waals surface area contributed by atoms with Gasteiger partial charge in [0, 0.05) is 25.4 Å². The van der Waals surface area contributed by atoms with Crippen LogP contribution in [-0.2, 0) is 32.6 Å². The number of aromatic nitrogens is 2. The van der Waals surface area contributed by atoms with Crippen LogP contribution in [0.4, 0.5) is 10.8 Å². The number of nitrogens with zero attached hydrogens (tertiary/aromatic N) is 4. The highest BCUT2D eigenvalue weighted by Gasteiger charge is 2.33. The number of nitrogens with one attached hydrogen (secondary N) is 2. The van der Waals surface area contributed by atoms with Gasteiger partial charge in [0.05, 0.1) is 33.5 Å². The Morgan fingerprint density at radius 1 is 1.19 bits per heavy atom. The van der Waals surface area contributed by atoms with E-state index in [4.69, 9.17) is 9.15 Å². The number of fused-ring (bicyclic) bond motifs is 1. The molecule has 1 aliphatic heterocycles. The van der Waals surface area contributed by atoms with Crippen LogP contribution < -0.4 is 10.6 Å². The monoisotopic (exact) mass is 684 g/mol. The summed E-state index contributed by atoms with van der Waals surface area (Å²) in [6.45, 7) is 4.42. The standard InChI is InChI=1S/C32H40N6O7S2/c1-21(2)17-38(18-28(39)26(14-22-8-5-4-6-9-22)35-32(41)44-19-23-16-33-20-46-23)47(42,43)24-11-12-25-29(15-24)45-31(34-25)36-30(40)27-10-7-13-37(27)3/h4-6,8-9,11-12,15-16,20-21,26-28,39H,7,10,13-14,17-19H2,1-3H3,(H,35,41)(H,34,36,40). The number of carbonyl (C=O) groups is 2. The number of aliphatic hydroxyl groups is 1. The molecule has 2 aromatic carbocycles. The molecule has 3 atom stereocenters. The Morgan fingerprint density at radius 3 is 2.66 bits per heavy atom. The molecule has 13 nitrogen and oxygen atoms in total. The summed E-state index contributed by atoms with van der Waals surface area (Å²) in [4.78, 5) is 36.5. The lowest BCUT2D eigenvalue weighted by atomic mass is 10.0. The van der Waals surface area contributed by atoms with E-state index in [2.05, 4.69) is 20.6 Å². The van der Waals surface area contributed by atoms with Crippen LogP contribution in [0.2, 0.25) is 0 Å². The summed E-state index contributed by atoms with van der Waals surface area (Å²) in [7, 11) is -2.26. The molecule has 0 spiro atoms. The van der Waals surface area contributed by atoms with Gasteiger partial charge in [-0.3, -0.25) is 20.0 Å². The fraction of sp³-hybridized carbons (Fsp3) is 0.438. The molecule has 4 aromatic rings. The van der Waals surface area contributed by atoms with E-state index in [0.717, 1.165) is 29.8 Å². The largest absolute Gasteiger partial charge is 0.444 e. The van der Waals surface area contributed by atoms with Gasteiger partial charge in [-0.2, -0.15) is 9.29 Å². The molecule has 1 saturated heterocycles. The second-order valence-corrected chi connectivity index (χ2v) is 15.0. The lowest BCUT2D eigenvalue weighted by molar-refractivity contribution is -0.120. The van der Waals surface area contributed by atoms with Crippen LogP contribution in [-0.4, -0.2) is 89.6 Å². The number of likely N-dealkylation sites (N-methyl/N-ethyl adjacent to an activating group) is 1. The predicted octanol–water partition coefficient (Wildman–Crippen LogP) is 3.86. The summed E-state index contributed by atoms with van der Waals surface area (Å²) in [5.41, 5.74) is 3.06. The van der Waals surface area contributed by atoms with Gasteiger partial charge < -0.3 is 19.6 Å². The topological polar surface area (TPSA) is 167 Å². The molecule has 3 unspecified atom stereocenters. The number of carbonyl (C=O) groups excluding carboxylic acids is 2. The third-order valence-corrected chi connectivity index (χ3v) is 10.5. The van der Waals surface area contributed by atoms with Gasteiger partial charge in [-0.05, 0) is 56.5 Å². The third kappa shape index (κ3) is 8.93. The molecule has 3 N–H and O–H groups in total. The third-order valence-electron chi connectivity index (χ3n) is 7.91. The number of thiazole rings is 1. The molecule has 0 aliphatic carbocycles. The van der Waals surface area contributed by atoms with Crippen LogP contribution in [0.25, 0.3) is 11.1 Å². The van der Waals surface area contributed by atoms with Crippen molar-refractivity contribution in [3.63, 3.8) is 0 Å². The zero-order valence-corrected chi connectivity index (χ0v) is 28.2. The Morgan fingerprint density at radius 2 is 1.98 bits per heavy atom. The fourth-order valence-corrected chi connectivity index (χ4v) is 7.65. The Labute approximate surface area is 278 Å². The van der Waals surface area contributed by atoms with Crippen molar-refractivity contribution >= 4 is 50.5 Å². The number of likely N-dealkylation sites (tertiary alicyclic amines) is 1. The van der Waals surface area contributed by atoms with Crippen LogP contribution in [0.15, 0.2) is 69.6 Å². The molecule has 0 bridgehead atoms. The van der Waals surface area contributed by atoms with Crippen LogP contribution in [0.5, 0.6) is 0 Å². The van der Waals surface area contributed by atoms with Gasteiger partial charge >= 0.3 is 12.1 Å². The minimum absolute atomic E-state index is 0.00800. The van der Waals surface area contributed by atoms with E-state index >= 15 is 0 Å².